The molecule has 5 heterocycles. The molecule has 150 valence electrons. The van der Waals surface area contributed by atoms with Gasteiger partial charge in [0.1, 0.15) is 5.00 Å². The molecule has 30 heavy (non-hydrogen) atoms. The van der Waals surface area contributed by atoms with Gasteiger partial charge in [-0.05, 0) is 37.5 Å². The molecular weight excluding hydrogens is 400 g/mol. The van der Waals surface area contributed by atoms with Gasteiger partial charge >= 0.3 is 0 Å². The number of pyridine rings is 1. The Morgan fingerprint density at radius 1 is 1.27 bits per heavy atom. The van der Waals surface area contributed by atoms with Gasteiger partial charge in [0.2, 0.25) is 0 Å². The van der Waals surface area contributed by atoms with E-state index in [9.17, 15) is 4.79 Å². The Hall–Kier alpha value is -3.79. The molecule has 5 aromatic rings. The molecule has 0 aliphatic heterocycles. The van der Waals surface area contributed by atoms with E-state index in [1.54, 1.807) is 23.2 Å². The number of nitrogens with one attached hydrogen (secondary N) is 2. The number of hydrogen-bond acceptors (Lipinski definition) is 7. The van der Waals surface area contributed by atoms with Crippen LogP contribution < -0.4 is 10.9 Å². The van der Waals surface area contributed by atoms with E-state index < -0.39 is 0 Å². The Bertz CT molecular complexity index is 1400. The molecular formula is C20H18N8OS. The van der Waals surface area contributed by atoms with E-state index in [2.05, 4.69) is 29.9 Å². The second-order valence-corrected chi connectivity index (χ2v) is 7.79. The second kappa shape index (κ2) is 7.23. The summed E-state index contributed by atoms with van der Waals surface area (Å²) in [7, 11) is 0. The predicted molar refractivity (Wildman–Crippen MR) is 115 cm³/mol. The van der Waals surface area contributed by atoms with Crippen LogP contribution in [0, 0.1) is 13.8 Å². The number of rotatable bonds is 5. The summed E-state index contributed by atoms with van der Waals surface area (Å²) in [5.74, 6) is 0.646. The van der Waals surface area contributed by atoms with Crippen molar-refractivity contribution in [2.45, 2.75) is 20.4 Å². The van der Waals surface area contributed by atoms with Crippen molar-refractivity contribution < 1.29 is 0 Å². The minimum absolute atomic E-state index is 0.00812. The number of anilines is 2. The summed E-state index contributed by atoms with van der Waals surface area (Å²) in [6, 6.07) is 5.61. The maximum absolute atomic E-state index is 12.2. The maximum Gasteiger partial charge on any atom is 0.253 e. The Morgan fingerprint density at radius 2 is 2.17 bits per heavy atom. The molecule has 0 aliphatic rings. The Morgan fingerprint density at radius 3 is 3.00 bits per heavy atom. The summed E-state index contributed by atoms with van der Waals surface area (Å²) in [4.78, 5) is 21.4. The van der Waals surface area contributed by atoms with E-state index in [0.717, 1.165) is 27.6 Å². The van der Waals surface area contributed by atoms with Gasteiger partial charge in [0.15, 0.2) is 11.5 Å². The van der Waals surface area contributed by atoms with Crippen LogP contribution in [0.25, 0.3) is 16.9 Å². The first-order valence-corrected chi connectivity index (χ1v) is 10.1. The fraction of sp³-hybridized carbons (Fsp3) is 0.150. The third-order valence-electron chi connectivity index (χ3n) is 4.75. The molecule has 0 bridgehead atoms. The van der Waals surface area contributed by atoms with Gasteiger partial charge in [-0.15, -0.1) is 0 Å². The lowest BCUT2D eigenvalue weighted by atomic mass is 10.3. The standard InChI is InChI=1S/C20H18N8OS/c1-12-4-3-5-27(20(12)29)11-15-6-17(30-26-15)25-18-19-21-9-16(14-7-22-23-8-14)28(19)10-13(2)24-18/h3-10H,11H2,1-2H3,(H,22,23)(H,24,25). The summed E-state index contributed by atoms with van der Waals surface area (Å²) in [5.41, 5.74) is 4.95. The quantitative estimate of drug-likeness (QED) is 0.454. The Labute approximate surface area is 175 Å². The highest BCUT2D eigenvalue weighted by atomic mass is 32.1. The molecule has 0 amide bonds. The average molecular weight is 418 g/mol. The highest BCUT2D eigenvalue weighted by Crippen LogP contribution is 2.27. The molecule has 0 aliphatic carbocycles. The lowest BCUT2D eigenvalue weighted by Crippen LogP contribution is -2.21. The SMILES string of the molecule is Cc1cn2c(-c3cn[nH]c3)cnc2c(Nc2cc(Cn3cccc(C)c3=O)ns2)n1. The number of fused-ring (bicyclic) bond motifs is 1. The first kappa shape index (κ1) is 18.3. The van der Waals surface area contributed by atoms with Crippen LogP contribution in [0.3, 0.4) is 0 Å². The van der Waals surface area contributed by atoms with Crippen LogP contribution in [0.15, 0.2) is 54.0 Å². The van der Waals surface area contributed by atoms with Crippen molar-refractivity contribution in [2.75, 3.05) is 5.32 Å². The number of aromatic amines is 1. The lowest BCUT2D eigenvalue weighted by molar-refractivity contribution is 0.741. The summed E-state index contributed by atoms with van der Waals surface area (Å²) in [6.07, 6.45) is 9.10. The first-order valence-electron chi connectivity index (χ1n) is 9.31. The van der Waals surface area contributed by atoms with E-state index in [0.29, 0.717) is 23.6 Å². The first-order chi connectivity index (χ1) is 14.6. The van der Waals surface area contributed by atoms with Crippen LogP contribution in [-0.4, -0.2) is 33.5 Å². The van der Waals surface area contributed by atoms with Gasteiger partial charge in [0.25, 0.3) is 5.56 Å². The highest BCUT2D eigenvalue weighted by Gasteiger charge is 2.14. The molecule has 0 unspecified atom stereocenters. The topological polar surface area (TPSA) is 106 Å². The summed E-state index contributed by atoms with van der Waals surface area (Å²) >= 11 is 1.32. The minimum atomic E-state index is -0.00812. The van der Waals surface area contributed by atoms with E-state index in [-0.39, 0.29) is 5.56 Å². The molecule has 0 aromatic carbocycles. The summed E-state index contributed by atoms with van der Waals surface area (Å²) in [6.45, 7) is 4.17. The van der Waals surface area contributed by atoms with Crippen molar-refractivity contribution in [3.8, 4) is 11.3 Å². The normalized spacial score (nSPS) is 11.3. The number of nitrogens with zero attached hydrogens (tertiary/aromatic N) is 6. The van der Waals surface area contributed by atoms with Crippen molar-refractivity contribution in [3.05, 3.63) is 76.5 Å². The molecule has 0 radical (unpaired) electrons. The second-order valence-electron chi connectivity index (χ2n) is 6.99. The average Bonchev–Trinajstić information content (AvgIpc) is 3.46. The van der Waals surface area contributed by atoms with E-state index >= 15 is 0 Å². The van der Waals surface area contributed by atoms with Gasteiger partial charge in [-0.25, -0.2) is 9.97 Å². The molecule has 0 saturated heterocycles. The van der Waals surface area contributed by atoms with Gasteiger partial charge in [0, 0.05) is 29.7 Å². The zero-order valence-electron chi connectivity index (χ0n) is 16.3. The van der Waals surface area contributed by atoms with Gasteiger partial charge < -0.3 is 9.88 Å². The molecule has 5 aromatic heterocycles. The molecule has 5 rings (SSSR count). The Kier molecular flexibility index (Phi) is 4.40. The van der Waals surface area contributed by atoms with Gasteiger partial charge in [-0.2, -0.15) is 9.47 Å². The van der Waals surface area contributed by atoms with E-state index in [1.165, 1.54) is 11.5 Å². The van der Waals surface area contributed by atoms with Crippen LogP contribution in [0.5, 0.6) is 0 Å². The van der Waals surface area contributed by atoms with Crippen LogP contribution in [0.4, 0.5) is 10.8 Å². The number of imidazole rings is 1. The number of aryl methyl sites for hydroxylation is 2. The fourth-order valence-electron chi connectivity index (χ4n) is 3.31. The maximum atomic E-state index is 12.2. The van der Waals surface area contributed by atoms with Gasteiger partial charge in [-0.3, -0.25) is 14.3 Å². The van der Waals surface area contributed by atoms with Crippen LogP contribution in [0.2, 0.25) is 0 Å². The van der Waals surface area contributed by atoms with Gasteiger partial charge in [0.05, 0.1) is 36.0 Å². The minimum Gasteiger partial charge on any atom is -0.328 e. The van der Waals surface area contributed by atoms with Gasteiger partial charge in [-0.1, -0.05) is 6.07 Å². The van der Waals surface area contributed by atoms with E-state index in [1.807, 2.05) is 48.8 Å². The third kappa shape index (κ3) is 3.26. The number of aromatic nitrogens is 7. The monoisotopic (exact) mass is 418 g/mol. The van der Waals surface area contributed by atoms with Crippen molar-refractivity contribution in [1.82, 2.24) is 33.5 Å². The zero-order valence-corrected chi connectivity index (χ0v) is 17.1. The predicted octanol–water partition coefficient (Wildman–Crippen LogP) is 3.15. The third-order valence-corrected chi connectivity index (χ3v) is 5.49. The van der Waals surface area contributed by atoms with Crippen LogP contribution in [-0.2, 0) is 6.54 Å². The molecule has 2 N–H and O–H groups in total. The van der Waals surface area contributed by atoms with Crippen molar-refractivity contribution in [3.63, 3.8) is 0 Å². The van der Waals surface area contributed by atoms with Crippen LogP contribution in [0.1, 0.15) is 17.0 Å². The molecule has 10 heteroatoms. The van der Waals surface area contributed by atoms with E-state index in [4.69, 9.17) is 0 Å². The van der Waals surface area contributed by atoms with Crippen LogP contribution >= 0.6 is 11.5 Å². The molecule has 0 spiro atoms. The highest BCUT2D eigenvalue weighted by molar-refractivity contribution is 7.10. The largest absolute Gasteiger partial charge is 0.328 e. The fourth-order valence-corrected chi connectivity index (χ4v) is 3.97. The lowest BCUT2D eigenvalue weighted by Gasteiger charge is -2.07. The smallest absolute Gasteiger partial charge is 0.253 e. The van der Waals surface area contributed by atoms with Crippen molar-refractivity contribution in [1.29, 1.82) is 0 Å². The summed E-state index contributed by atoms with van der Waals surface area (Å²) < 4.78 is 8.12. The molecule has 0 fully saturated rings. The van der Waals surface area contributed by atoms with Crippen molar-refractivity contribution >= 4 is 28.0 Å². The summed E-state index contributed by atoms with van der Waals surface area (Å²) in [5, 5.41) is 11.0. The van der Waals surface area contributed by atoms with Crippen molar-refractivity contribution in [2.24, 2.45) is 0 Å². The molecule has 9 nitrogen and oxygen atoms in total. The molecule has 0 atom stereocenters. The number of H-pyrrole nitrogens is 1. The molecule has 0 saturated carbocycles. The number of hydrogen-bond donors (Lipinski definition) is 2. The zero-order chi connectivity index (χ0) is 20.7. The Balaban J connectivity index is 1.45.